The first-order valence-electron chi connectivity index (χ1n) is 7.30. The zero-order valence-electron chi connectivity index (χ0n) is 13.0. The molecule has 0 saturated carbocycles. The van der Waals surface area contributed by atoms with Crippen molar-refractivity contribution in [3.63, 3.8) is 0 Å². The third kappa shape index (κ3) is 3.92. The van der Waals surface area contributed by atoms with Crippen molar-refractivity contribution in [2.45, 2.75) is 6.92 Å². The highest BCUT2D eigenvalue weighted by molar-refractivity contribution is 5.95. The van der Waals surface area contributed by atoms with Gasteiger partial charge in [0.1, 0.15) is 11.4 Å². The summed E-state index contributed by atoms with van der Waals surface area (Å²) in [6.07, 6.45) is 1.69. The first-order chi connectivity index (χ1) is 9.99. The molecule has 1 saturated heterocycles. The van der Waals surface area contributed by atoms with E-state index in [1.165, 1.54) is 0 Å². The van der Waals surface area contributed by atoms with Gasteiger partial charge in [0.15, 0.2) is 0 Å². The molecule has 0 aliphatic carbocycles. The monoisotopic (exact) mass is 292 g/mol. The van der Waals surface area contributed by atoms with Crippen molar-refractivity contribution in [3.8, 4) is 0 Å². The van der Waals surface area contributed by atoms with Crippen LogP contribution in [0, 0.1) is 6.92 Å². The van der Waals surface area contributed by atoms with Crippen molar-refractivity contribution in [2.24, 2.45) is 0 Å². The zero-order valence-corrected chi connectivity index (χ0v) is 13.0. The van der Waals surface area contributed by atoms with Crippen LogP contribution in [0.5, 0.6) is 0 Å². The Kier molecular flexibility index (Phi) is 5.14. The molecule has 6 heteroatoms. The summed E-state index contributed by atoms with van der Waals surface area (Å²) in [5.41, 5.74) is 1.10. The normalized spacial score (nSPS) is 16.5. The van der Waals surface area contributed by atoms with Gasteiger partial charge in [-0.1, -0.05) is 0 Å². The fourth-order valence-electron chi connectivity index (χ4n) is 2.57. The summed E-state index contributed by atoms with van der Waals surface area (Å²) in [7, 11) is 4.15. The number of aromatic nitrogens is 1. The number of aromatic carboxylic acids is 1. The number of pyridine rings is 1. The summed E-state index contributed by atoms with van der Waals surface area (Å²) in [5, 5.41) is 9.39. The fourth-order valence-corrected chi connectivity index (χ4v) is 2.57. The molecule has 1 fully saturated rings. The lowest BCUT2D eigenvalue weighted by Gasteiger charge is -2.36. The lowest BCUT2D eigenvalue weighted by atomic mass is 10.1. The number of carbonyl (C=O) groups is 1. The van der Waals surface area contributed by atoms with E-state index in [4.69, 9.17) is 0 Å². The van der Waals surface area contributed by atoms with Gasteiger partial charge in [-0.2, -0.15) is 0 Å². The summed E-state index contributed by atoms with van der Waals surface area (Å²) in [4.78, 5) is 22.4. The molecule has 116 valence electrons. The van der Waals surface area contributed by atoms with Gasteiger partial charge in [-0.05, 0) is 32.6 Å². The summed E-state index contributed by atoms with van der Waals surface area (Å²) < 4.78 is 0. The molecule has 1 aromatic heterocycles. The van der Waals surface area contributed by atoms with Gasteiger partial charge in [-0.25, -0.2) is 9.78 Å². The third-order valence-electron chi connectivity index (χ3n) is 3.89. The summed E-state index contributed by atoms with van der Waals surface area (Å²) in [6, 6.07) is 1.75. The molecular formula is C15H24N4O2. The predicted octanol–water partition coefficient (Wildman–Crippen LogP) is 0.772. The number of likely N-dealkylation sites (N-methyl/N-ethyl adjacent to an activating group) is 1. The van der Waals surface area contributed by atoms with Gasteiger partial charge >= 0.3 is 5.97 Å². The highest BCUT2D eigenvalue weighted by atomic mass is 16.4. The van der Waals surface area contributed by atoms with E-state index in [0.29, 0.717) is 11.4 Å². The molecule has 0 amide bonds. The van der Waals surface area contributed by atoms with Crippen LogP contribution in [0.2, 0.25) is 0 Å². The van der Waals surface area contributed by atoms with Crippen LogP contribution in [-0.4, -0.2) is 79.2 Å². The van der Waals surface area contributed by atoms with Gasteiger partial charge in [-0.3, -0.25) is 4.90 Å². The molecule has 0 aromatic carbocycles. The smallest absolute Gasteiger partial charge is 0.339 e. The quantitative estimate of drug-likeness (QED) is 0.865. The van der Waals surface area contributed by atoms with Crippen LogP contribution in [0.15, 0.2) is 12.3 Å². The number of anilines is 1. The maximum atomic E-state index is 11.4. The molecule has 1 aromatic rings. The van der Waals surface area contributed by atoms with Crippen LogP contribution < -0.4 is 4.90 Å². The number of nitrogens with zero attached hydrogens (tertiary/aromatic N) is 4. The summed E-state index contributed by atoms with van der Waals surface area (Å²) >= 11 is 0. The summed E-state index contributed by atoms with van der Waals surface area (Å²) in [6.45, 7) is 7.46. The number of piperazine rings is 1. The van der Waals surface area contributed by atoms with Crippen molar-refractivity contribution < 1.29 is 9.90 Å². The molecule has 1 N–H and O–H groups in total. The first kappa shape index (κ1) is 15.7. The van der Waals surface area contributed by atoms with E-state index in [9.17, 15) is 9.90 Å². The number of carboxylic acids is 1. The van der Waals surface area contributed by atoms with Gasteiger partial charge in [0.05, 0.1) is 0 Å². The molecule has 0 radical (unpaired) electrons. The Morgan fingerprint density at radius 2 is 2.00 bits per heavy atom. The van der Waals surface area contributed by atoms with Crippen LogP contribution in [0.3, 0.4) is 0 Å². The molecule has 0 spiro atoms. The second-order valence-corrected chi connectivity index (χ2v) is 5.76. The molecule has 6 nitrogen and oxygen atoms in total. The largest absolute Gasteiger partial charge is 0.478 e. The molecule has 21 heavy (non-hydrogen) atoms. The molecule has 0 atom stereocenters. The van der Waals surface area contributed by atoms with Gasteiger partial charge in [-0.15, -0.1) is 0 Å². The second kappa shape index (κ2) is 6.87. The lowest BCUT2D eigenvalue weighted by Crippen LogP contribution is -2.48. The number of rotatable bonds is 5. The van der Waals surface area contributed by atoms with E-state index in [0.717, 1.165) is 44.8 Å². The Hall–Kier alpha value is -1.66. The minimum absolute atomic E-state index is 0.333. The standard InChI is InChI=1S/C15H24N4O2/c1-12-4-5-16-14(13(12)15(20)21)19-10-8-18(9-11-19)7-6-17(2)3/h4-5H,6-11H2,1-3H3,(H,20,21). The van der Waals surface area contributed by atoms with Crippen LogP contribution in [0.1, 0.15) is 15.9 Å². The maximum absolute atomic E-state index is 11.4. The number of carboxylic acid groups (broad SMARTS) is 1. The van der Waals surface area contributed by atoms with E-state index in [-0.39, 0.29) is 0 Å². The number of aryl methyl sites for hydroxylation is 1. The van der Waals surface area contributed by atoms with Crippen molar-refractivity contribution in [3.05, 3.63) is 23.4 Å². The average Bonchev–Trinajstić information content (AvgIpc) is 2.45. The van der Waals surface area contributed by atoms with E-state index in [1.807, 2.05) is 6.92 Å². The van der Waals surface area contributed by atoms with E-state index < -0.39 is 5.97 Å². The molecular weight excluding hydrogens is 268 g/mol. The second-order valence-electron chi connectivity index (χ2n) is 5.76. The highest BCUT2D eigenvalue weighted by Gasteiger charge is 2.23. The topological polar surface area (TPSA) is 59.9 Å². The van der Waals surface area contributed by atoms with Crippen molar-refractivity contribution in [2.75, 3.05) is 58.3 Å². The van der Waals surface area contributed by atoms with Crippen LogP contribution in [0.25, 0.3) is 0 Å². The van der Waals surface area contributed by atoms with E-state index in [1.54, 1.807) is 12.3 Å². The predicted molar refractivity (Wildman–Crippen MR) is 83.1 cm³/mol. The Morgan fingerprint density at radius 3 is 2.57 bits per heavy atom. The third-order valence-corrected chi connectivity index (χ3v) is 3.89. The Balaban J connectivity index is 2.03. The van der Waals surface area contributed by atoms with Crippen molar-refractivity contribution >= 4 is 11.8 Å². The van der Waals surface area contributed by atoms with E-state index in [2.05, 4.69) is 33.8 Å². The highest BCUT2D eigenvalue weighted by Crippen LogP contribution is 2.22. The minimum atomic E-state index is -0.898. The maximum Gasteiger partial charge on any atom is 0.339 e. The first-order valence-corrected chi connectivity index (χ1v) is 7.30. The molecule has 0 unspecified atom stereocenters. The lowest BCUT2D eigenvalue weighted by molar-refractivity contribution is 0.0696. The molecule has 1 aliphatic heterocycles. The molecule has 1 aliphatic rings. The minimum Gasteiger partial charge on any atom is -0.478 e. The van der Waals surface area contributed by atoms with Crippen LogP contribution >= 0.6 is 0 Å². The van der Waals surface area contributed by atoms with Crippen molar-refractivity contribution in [1.29, 1.82) is 0 Å². The molecule has 0 bridgehead atoms. The molecule has 2 rings (SSSR count). The van der Waals surface area contributed by atoms with Crippen molar-refractivity contribution in [1.82, 2.24) is 14.8 Å². The van der Waals surface area contributed by atoms with Gasteiger partial charge in [0.2, 0.25) is 0 Å². The Morgan fingerprint density at radius 1 is 1.33 bits per heavy atom. The fraction of sp³-hybridized carbons (Fsp3) is 0.600. The van der Waals surface area contributed by atoms with Gasteiger partial charge in [0, 0.05) is 45.5 Å². The number of hydrogen-bond acceptors (Lipinski definition) is 5. The van der Waals surface area contributed by atoms with Gasteiger partial charge < -0.3 is 14.9 Å². The number of hydrogen-bond donors (Lipinski definition) is 1. The van der Waals surface area contributed by atoms with Gasteiger partial charge in [0.25, 0.3) is 0 Å². The van der Waals surface area contributed by atoms with Crippen LogP contribution in [-0.2, 0) is 0 Å². The zero-order chi connectivity index (χ0) is 15.4. The Labute approximate surface area is 126 Å². The summed E-state index contributed by atoms with van der Waals surface area (Å²) in [5.74, 6) is -0.291. The Bertz CT molecular complexity index is 496. The SMILES string of the molecule is Cc1ccnc(N2CCN(CCN(C)C)CC2)c1C(=O)O. The van der Waals surface area contributed by atoms with E-state index >= 15 is 0 Å². The van der Waals surface area contributed by atoms with Crippen LogP contribution in [0.4, 0.5) is 5.82 Å². The molecule has 2 heterocycles. The average molecular weight is 292 g/mol.